The Morgan fingerprint density at radius 2 is 2.05 bits per heavy atom. The summed E-state index contributed by atoms with van der Waals surface area (Å²) >= 11 is 0. The maximum Gasteiger partial charge on any atom is 0.303 e. The van der Waals surface area contributed by atoms with Gasteiger partial charge in [-0.3, -0.25) is 14.3 Å². The van der Waals surface area contributed by atoms with Gasteiger partial charge in [0.15, 0.2) is 0 Å². The van der Waals surface area contributed by atoms with Gasteiger partial charge in [-0.2, -0.15) is 5.10 Å². The van der Waals surface area contributed by atoms with Crippen LogP contribution in [0.5, 0.6) is 0 Å². The van der Waals surface area contributed by atoms with Crippen molar-refractivity contribution in [3.8, 4) is 0 Å². The van der Waals surface area contributed by atoms with E-state index in [9.17, 15) is 9.59 Å². The van der Waals surface area contributed by atoms with Crippen molar-refractivity contribution in [2.45, 2.75) is 51.5 Å². The van der Waals surface area contributed by atoms with E-state index in [4.69, 9.17) is 5.11 Å². The first-order valence-electron chi connectivity index (χ1n) is 7.45. The van der Waals surface area contributed by atoms with E-state index in [1.165, 1.54) is 0 Å². The number of amides is 1. The number of hydrogen-bond acceptors (Lipinski definition) is 3. The van der Waals surface area contributed by atoms with Crippen LogP contribution in [0.1, 0.15) is 50.5 Å². The zero-order chi connectivity index (χ0) is 15.3. The number of carbonyl (C=O) groups is 2. The van der Waals surface area contributed by atoms with Crippen molar-refractivity contribution in [1.82, 2.24) is 15.1 Å². The molecule has 0 bridgehead atoms. The number of carboxylic acids is 1. The molecule has 1 saturated carbocycles. The number of nitrogens with zero attached hydrogens (tertiary/aromatic N) is 2. The van der Waals surface area contributed by atoms with Crippen LogP contribution < -0.4 is 5.32 Å². The molecule has 6 heteroatoms. The van der Waals surface area contributed by atoms with Crippen molar-refractivity contribution in [1.29, 1.82) is 0 Å². The smallest absolute Gasteiger partial charge is 0.303 e. The van der Waals surface area contributed by atoms with E-state index in [0.29, 0.717) is 13.0 Å². The number of aryl methyl sites for hydroxylation is 1. The molecule has 2 N–H and O–H groups in total. The molecular weight excluding hydrogens is 270 g/mol. The number of aromatic nitrogens is 2. The van der Waals surface area contributed by atoms with Gasteiger partial charge in [-0.25, -0.2) is 0 Å². The van der Waals surface area contributed by atoms with E-state index in [-0.39, 0.29) is 17.7 Å². The molecule has 1 aliphatic carbocycles. The molecule has 0 unspecified atom stereocenters. The molecule has 0 spiro atoms. The van der Waals surface area contributed by atoms with E-state index < -0.39 is 5.97 Å². The number of hydrogen-bond donors (Lipinski definition) is 2. The fraction of sp³-hybridized carbons (Fsp3) is 0.667. The maximum absolute atomic E-state index is 12.1. The van der Waals surface area contributed by atoms with Gasteiger partial charge in [0.2, 0.25) is 5.91 Å². The first-order valence-corrected chi connectivity index (χ1v) is 7.45. The van der Waals surface area contributed by atoms with Crippen LogP contribution in [0.15, 0.2) is 12.4 Å². The Morgan fingerprint density at radius 3 is 2.62 bits per heavy atom. The largest absolute Gasteiger partial charge is 0.481 e. The minimum absolute atomic E-state index is 0.0676. The molecule has 21 heavy (non-hydrogen) atoms. The summed E-state index contributed by atoms with van der Waals surface area (Å²) in [6.07, 6.45) is 8.80. The summed E-state index contributed by atoms with van der Waals surface area (Å²) in [7, 11) is 1.83. The fourth-order valence-electron chi connectivity index (χ4n) is 3.21. The Bertz CT molecular complexity index is 504. The van der Waals surface area contributed by atoms with Crippen molar-refractivity contribution in [3.05, 3.63) is 18.0 Å². The molecule has 0 radical (unpaired) electrons. The van der Waals surface area contributed by atoms with Crippen molar-refractivity contribution in [3.63, 3.8) is 0 Å². The lowest BCUT2D eigenvalue weighted by molar-refractivity contribution is -0.141. The van der Waals surface area contributed by atoms with Gasteiger partial charge in [-0.15, -0.1) is 0 Å². The van der Waals surface area contributed by atoms with E-state index in [2.05, 4.69) is 10.4 Å². The Balaban J connectivity index is 1.89. The second kappa shape index (κ2) is 6.74. The molecule has 1 aromatic rings. The van der Waals surface area contributed by atoms with E-state index in [1.807, 2.05) is 13.2 Å². The minimum Gasteiger partial charge on any atom is -0.481 e. The zero-order valence-electron chi connectivity index (χ0n) is 12.5. The molecular formula is C15H23N3O3. The van der Waals surface area contributed by atoms with Crippen LogP contribution in [0.4, 0.5) is 0 Å². The Labute approximate surface area is 124 Å². The quantitative estimate of drug-likeness (QED) is 0.838. The van der Waals surface area contributed by atoms with Gasteiger partial charge in [0.25, 0.3) is 0 Å². The normalized spacial score (nSPS) is 17.4. The summed E-state index contributed by atoms with van der Waals surface area (Å²) < 4.78 is 1.69. The van der Waals surface area contributed by atoms with Gasteiger partial charge in [-0.05, 0) is 18.3 Å². The first kappa shape index (κ1) is 15.5. The highest BCUT2D eigenvalue weighted by Gasteiger charge is 2.36. The van der Waals surface area contributed by atoms with Crippen LogP contribution in [-0.2, 0) is 23.2 Å². The summed E-state index contributed by atoms with van der Waals surface area (Å²) in [5.41, 5.74) is 0.588. The summed E-state index contributed by atoms with van der Waals surface area (Å²) in [5, 5.41) is 16.0. The molecule has 1 aromatic heterocycles. The third-order valence-corrected chi connectivity index (χ3v) is 4.22. The molecule has 1 aliphatic rings. The summed E-state index contributed by atoms with van der Waals surface area (Å²) in [6, 6.07) is 0. The molecule has 0 aliphatic heterocycles. The van der Waals surface area contributed by atoms with Crippen LogP contribution in [-0.4, -0.2) is 26.8 Å². The van der Waals surface area contributed by atoms with Crippen molar-refractivity contribution >= 4 is 11.9 Å². The van der Waals surface area contributed by atoms with Crippen LogP contribution in [0.2, 0.25) is 0 Å². The molecule has 1 amide bonds. The zero-order valence-corrected chi connectivity index (χ0v) is 12.5. The molecule has 0 atom stereocenters. The standard InChI is InChI=1S/C15H23N3O3/c1-18-11-12(10-17-18)9-16-13(19)7-15(8-14(20)21)5-3-2-4-6-15/h10-11H,2-9H2,1H3,(H,16,19)(H,20,21). The lowest BCUT2D eigenvalue weighted by Crippen LogP contribution is -2.34. The predicted octanol–water partition coefficient (Wildman–Crippen LogP) is 1.85. The third kappa shape index (κ3) is 4.58. The molecule has 0 aromatic carbocycles. The van der Waals surface area contributed by atoms with Crippen molar-refractivity contribution in [2.75, 3.05) is 0 Å². The summed E-state index contributed by atoms with van der Waals surface area (Å²) in [5.74, 6) is -0.876. The number of rotatable bonds is 6. The molecule has 6 nitrogen and oxygen atoms in total. The van der Waals surface area contributed by atoms with Gasteiger partial charge in [0, 0.05) is 31.8 Å². The second-order valence-corrected chi connectivity index (χ2v) is 6.11. The highest BCUT2D eigenvalue weighted by Crippen LogP contribution is 2.42. The Kier molecular flexibility index (Phi) is 4.98. The SMILES string of the molecule is Cn1cc(CNC(=O)CC2(CC(=O)O)CCCCC2)cn1. The second-order valence-electron chi connectivity index (χ2n) is 6.11. The number of carboxylic acid groups (broad SMARTS) is 1. The van der Waals surface area contributed by atoms with Gasteiger partial charge in [0.05, 0.1) is 12.6 Å². The van der Waals surface area contributed by atoms with Crippen molar-refractivity contribution < 1.29 is 14.7 Å². The summed E-state index contributed by atoms with van der Waals surface area (Å²) in [4.78, 5) is 23.2. The van der Waals surface area contributed by atoms with E-state index >= 15 is 0 Å². The topological polar surface area (TPSA) is 84.2 Å². The van der Waals surface area contributed by atoms with Crippen LogP contribution >= 0.6 is 0 Å². The summed E-state index contributed by atoms with van der Waals surface area (Å²) in [6.45, 7) is 0.440. The molecule has 1 fully saturated rings. The molecule has 0 saturated heterocycles. The molecule has 1 heterocycles. The van der Waals surface area contributed by atoms with Crippen LogP contribution in [0.25, 0.3) is 0 Å². The van der Waals surface area contributed by atoms with Crippen molar-refractivity contribution in [2.24, 2.45) is 12.5 Å². The van der Waals surface area contributed by atoms with E-state index in [1.54, 1.807) is 10.9 Å². The monoisotopic (exact) mass is 293 g/mol. The van der Waals surface area contributed by atoms with E-state index in [0.717, 1.165) is 37.7 Å². The van der Waals surface area contributed by atoms with Gasteiger partial charge in [0.1, 0.15) is 0 Å². The first-order chi connectivity index (χ1) is 9.99. The minimum atomic E-state index is -0.808. The lowest BCUT2D eigenvalue weighted by Gasteiger charge is -2.35. The molecule has 2 rings (SSSR count). The number of nitrogens with one attached hydrogen (secondary N) is 1. The van der Waals surface area contributed by atoms with Crippen LogP contribution in [0, 0.1) is 5.41 Å². The average Bonchev–Trinajstić information content (AvgIpc) is 2.82. The van der Waals surface area contributed by atoms with Gasteiger partial charge < -0.3 is 10.4 Å². The van der Waals surface area contributed by atoms with Crippen LogP contribution in [0.3, 0.4) is 0 Å². The Morgan fingerprint density at radius 1 is 1.33 bits per heavy atom. The fourth-order valence-corrected chi connectivity index (χ4v) is 3.21. The van der Waals surface area contributed by atoms with Gasteiger partial charge >= 0.3 is 5.97 Å². The predicted molar refractivity (Wildman–Crippen MR) is 77.4 cm³/mol. The van der Waals surface area contributed by atoms with Gasteiger partial charge in [-0.1, -0.05) is 19.3 Å². The number of carbonyl (C=O) groups excluding carboxylic acids is 1. The Hall–Kier alpha value is -1.85. The number of aliphatic carboxylic acids is 1. The highest BCUT2D eigenvalue weighted by molar-refractivity contribution is 5.78. The third-order valence-electron chi connectivity index (χ3n) is 4.22. The molecule has 116 valence electrons. The maximum atomic E-state index is 12.1. The average molecular weight is 293 g/mol. The lowest BCUT2D eigenvalue weighted by atomic mass is 9.69. The highest BCUT2D eigenvalue weighted by atomic mass is 16.4.